The summed E-state index contributed by atoms with van der Waals surface area (Å²) in [7, 11) is 0. The van der Waals surface area contributed by atoms with Gasteiger partial charge in [0, 0.05) is 43.8 Å². The molecule has 3 aromatic heterocycles. The van der Waals surface area contributed by atoms with Crippen molar-refractivity contribution in [3.63, 3.8) is 0 Å². The van der Waals surface area contributed by atoms with Crippen LogP contribution >= 0.6 is 0 Å². The second kappa shape index (κ2) is 10.5. The van der Waals surface area contributed by atoms with Crippen LogP contribution < -0.4 is 0 Å². The summed E-state index contributed by atoms with van der Waals surface area (Å²) in [5, 5.41) is 6.47. The molecule has 7 aromatic carbocycles. The summed E-state index contributed by atoms with van der Waals surface area (Å²) >= 11 is 0. The maximum atomic E-state index is 6.64. The van der Waals surface area contributed by atoms with E-state index in [9.17, 15) is 0 Å². The van der Waals surface area contributed by atoms with E-state index in [0.717, 1.165) is 71.7 Å². The lowest BCUT2D eigenvalue weighted by molar-refractivity contribution is 0.669. The molecule has 5 nitrogen and oxygen atoms in total. The molecule has 0 spiro atoms. The molecule has 0 aliphatic heterocycles. The van der Waals surface area contributed by atoms with Gasteiger partial charge in [0.15, 0.2) is 17.5 Å². The van der Waals surface area contributed by atoms with E-state index in [1.165, 1.54) is 10.8 Å². The largest absolute Gasteiger partial charge is 0.456 e. The zero-order chi connectivity index (χ0) is 31.6. The number of furan rings is 2. The molecular formula is C43H25N3O2. The van der Waals surface area contributed by atoms with E-state index in [0.29, 0.717) is 17.5 Å². The predicted molar refractivity (Wildman–Crippen MR) is 194 cm³/mol. The van der Waals surface area contributed by atoms with Gasteiger partial charge in [-0.2, -0.15) is 0 Å². The van der Waals surface area contributed by atoms with Crippen molar-refractivity contribution in [2.24, 2.45) is 0 Å². The van der Waals surface area contributed by atoms with Crippen molar-refractivity contribution >= 4 is 54.6 Å². The zero-order valence-electron chi connectivity index (χ0n) is 25.6. The van der Waals surface area contributed by atoms with Gasteiger partial charge in [-0.15, -0.1) is 0 Å². The standard InChI is InChI=1S/C43H25N3O2/c1-2-11-27(12-3-1)41-44-42(30-22-23-37-35(25-30)32-14-6-7-18-36(32)47-37)46-43(45-41)34-17-9-19-38-39(34)33-16-8-15-31(40(33)48-38)29-21-20-26-10-4-5-13-28(26)24-29/h1-25H. The van der Waals surface area contributed by atoms with Crippen molar-refractivity contribution in [2.45, 2.75) is 0 Å². The number of benzene rings is 7. The number of rotatable bonds is 4. The van der Waals surface area contributed by atoms with Crippen molar-refractivity contribution in [1.82, 2.24) is 15.0 Å². The van der Waals surface area contributed by atoms with Crippen molar-refractivity contribution in [3.8, 4) is 45.3 Å². The van der Waals surface area contributed by atoms with Crippen molar-refractivity contribution < 1.29 is 8.83 Å². The van der Waals surface area contributed by atoms with Gasteiger partial charge in [0.2, 0.25) is 0 Å². The highest BCUT2D eigenvalue weighted by Gasteiger charge is 2.20. The van der Waals surface area contributed by atoms with Crippen LogP contribution in [-0.2, 0) is 0 Å². The fourth-order valence-electron chi connectivity index (χ4n) is 6.83. The van der Waals surface area contributed by atoms with E-state index < -0.39 is 0 Å². The molecule has 0 atom stereocenters. The van der Waals surface area contributed by atoms with E-state index in [2.05, 4.69) is 78.9 Å². The quantitative estimate of drug-likeness (QED) is 0.197. The third-order valence-electron chi connectivity index (χ3n) is 9.13. The minimum absolute atomic E-state index is 0.584. The van der Waals surface area contributed by atoms with Gasteiger partial charge in [-0.3, -0.25) is 0 Å². The molecule has 0 saturated heterocycles. The minimum Gasteiger partial charge on any atom is -0.456 e. The first-order valence-corrected chi connectivity index (χ1v) is 15.9. The van der Waals surface area contributed by atoms with E-state index in [4.69, 9.17) is 23.8 Å². The Bertz CT molecular complexity index is 2850. The minimum atomic E-state index is 0.584. The van der Waals surface area contributed by atoms with Gasteiger partial charge >= 0.3 is 0 Å². The van der Waals surface area contributed by atoms with Gasteiger partial charge in [0.25, 0.3) is 0 Å². The predicted octanol–water partition coefficient (Wildman–Crippen LogP) is 11.5. The molecule has 0 amide bonds. The van der Waals surface area contributed by atoms with Crippen LogP contribution in [0.5, 0.6) is 0 Å². The molecule has 0 fully saturated rings. The van der Waals surface area contributed by atoms with Crippen molar-refractivity contribution in [3.05, 3.63) is 152 Å². The molecule has 0 unspecified atom stereocenters. The summed E-state index contributed by atoms with van der Waals surface area (Å²) in [5.74, 6) is 1.78. The maximum absolute atomic E-state index is 6.64. The zero-order valence-corrected chi connectivity index (χ0v) is 25.6. The Morgan fingerprint density at radius 1 is 0.354 bits per heavy atom. The molecule has 0 bridgehead atoms. The lowest BCUT2D eigenvalue weighted by Crippen LogP contribution is -2.00. The van der Waals surface area contributed by atoms with Gasteiger partial charge in [0.05, 0.1) is 0 Å². The first-order valence-electron chi connectivity index (χ1n) is 15.9. The highest BCUT2D eigenvalue weighted by atomic mass is 16.3. The van der Waals surface area contributed by atoms with Gasteiger partial charge < -0.3 is 8.83 Å². The number of hydrogen-bond acceptors (Lipinski definition) is 5. The Morgan fingerprint density at radius 2 is 1.02 bits per heavy atom. The van der Waals surface area contributed by atoms with Crippen LogP contribution in [0.3, 0.4) is 0 Å². The smallest absolute Gasteiger partial charge is 0.164 e. The van der Waals surface area contributed by atoms with Crippen LogP contribution in [-0.4, -0.2) is 15.0 Å². The highest BCUT2D eigenvalue weighted by Crippen LogP contribution is 2.41. The van der Waals surface area contributed by atoms with Crippen molar-refractivity contribution in [2.75, 3.05) is 0 Å². The fourth-order valence-corrected chi connectivity index (χ4v) is 6.83. The first kappa shape index (κ1) is 26.6. The molecule has 3 heterocycles. The summed E-state index contributed by atoms with van der Waals surface area (Å²) in [6.07, 6.45) is 0. The topological polar surface area (TPSA) is 65.0 Å². The first-order chi connectivity index (χ1) is 23.8. The summed E-state index contributed by atoms with van der Waals surface area (Å²) in [6.45, 7) is 0. The molecular weight excluding hydrogens is 590 g/mol. The Kier molecular flexibility index (Phi) is 5.81. The summed E-state index contributed by atoms with van der Waals surface area (Å²) in [6, 6.07) is 51.7. The van der Waals surface area contributed by atoms with Crippen LogP contribution in [0.25, 0.3) is 99.9 Å². The Balaban J connectivity index is 1.19. The molecule has 224 valence electrons. The number of hydrogen-bond donors (Lipinski definition) is 0. The number of para-hydroxylation sites is 2. The van der Waals surface area contributed by atoms with Gasteiger partial charge in [-0.1, -0.05) is 115 Å². The van der Waals surface area contributed by atoms with E-state index >= 15 is 0 Å². The Hall–Kier alpha value is -6.59. The maximum Gasteiger partial charge on any atom is 0.164 e. The SMILES string of the molecule is c1ccc(-c2nc(-c3ccc4oc5ccccc5c4c3)nc(-c3cccc4oc5c(-c6ccc7ccccc7c6)cccc5c34)n2)cc1. The van der Waals surface area contributed by atoms with Crippen LogP contribution in [0.15, 0.2) is 160 Å². The Labute approximate surface area is 274 Å². The normalized spacial score (nSPS) is 11.8. The molecule has 0 aliphatic carbocycles. The number of aromatic nitrogens is 3. The third-order valence-corrected chi connectivity index (χ3v) is 9.13. The lowest BCUT2D eigenvalue weighted by atomic mass is 9.98. The molecule has 10 rings (SSSR count). The van der Waals surface area contributed by atoms with E-state index in [-0.39, 0.29) is 0 Å². The van der Waals surface area contributed by atoms with Crippen LogP contribution in [0.2, 0.25) is 0 Å². The van der Waals surface area contributed by atoms with E-state index in [1.54, 1.807) is 0 Å². The van der Waals surface area contributed by atoms with Crippen LogP contribution in [0, 0.1) is 0 Å². The summed E-state index contributed by atoms with van der Waals surface area (Å²) < 4.78 is 12.7. The summed E-state index contributed by atoms with van der Waals surface area (Å²) in [4.78, 5) is 15.2. The summed E-state index contributed by atoms with van der Waals surface area (Å²) in [5.41, 5.74) is 8.14. The van der Waals surface area contributed by atoms with Gasteiger partial charge in [-0.05, 0) is 52.7 Å². The molecule has 0 aliphatic rings. The van der Waals surface area contributed by atoms with Crippen LogP contribution in [0.1, 0.15) is 0 Å². The average Bonchev–Trinajstić information content (AvgIpc) is 3.73. The molecule has 0 N–H and O–H groups in total. The Morgan fingerprint density at radius 3 is 1.94 bits per heavy atom. The second-order valence-corrected chi connectivity index (χ2v) is 12.0. The molecule has 0 radical (unpaired) electrons. The second-order valence-electron chi connectivity index (χ2n) is 12.0. The molecule has 5 heteroatoms. The number of fused-ring (bicyclic) bond motifs is 7. The third kappa shape index (κ3) is 4.22. The number of nitrogens with zero attached hydrogens (tertiary/aromatic N) is 3. The van der Waals surface area contributed by atoms with E-state index in [1.807, 2.05) is 72.8 Å². The molecule has 10 aromatic rings. The van der Waals surface area contributed by atoms with Crippen molar-refractivity contribution in [1.29, 1.82) is 0 Å². The van der Waals surface area contributed by atoms with Gasteiger partial charge in [-0.25, -0.2) is 15.0 Å². The average molecular weight is 616 g/mol. The lowest BCUT2D eigenvalue weighted by Gasteiger charge is -2.09. The van der Waals surface area contributed by atoms with Crippen LogP contribution in [0.4, 0.5) is 0 Å². The fraction of sp³-hybridized carbons (Fsp3) is 0. The molecule has 48 heavy (non-hydrogen) atoms. The van der Waals surface area contributed by atoms with Gasteiger partial charge in [0.1, 0.15) is 22.3 Å². The highest BCUT2D eigenvalue weighted by molar-refractivity contribution is 6.15. The monoisotopic (exact) mass is 615 g/mol. The molecule has 0 saturated carbocycles.